The lowest BCUT2D eigenvalue weighted by atomic mass is 10.2. The number of nitrogens with zero attached hydrogens (tertiary/aromatic N) is 3. The van der Waals surface area contributed by atoms with Crippen LogP contribution in [0.2, 0.25) is 0 Å². The van der Waals surface area contributed by atoms with Crippen LogP contribution in [0.1, 0.15) is 23.8 Å². The summed E-state index contributed by atoms with van der Waals surface area (Å²) in [5, 5.41) is 0.404. The van der Waals surface area contributed by atoms with Gasteiger partial charge in [0, 0.05) is 29.1 Å². The van der Waals surface area contributed by atoms with Crippen LogP contribution in [0.5, 0.6) is 0 Å². The zero-order chi connectivity index (χ0) is 17.8. The van der Waals surface area contributed by atoms with Crippen LogP contribution in [0.4, 0.5) is 11.5 Å². The Kier molecular flexibility index (Phi) is 5.18. The van der Waals surface area contributed by atoms with Crippen LogP contribution in [0.25, 0.3) is 0 Å². The van der Waals surface area contributed by atoms with Crippen LogP contribution in [0.15, 0.2) is 41.6 Å². The van der Waals surface area contributed by atoms with Crippen molar-refractivity contribution in [3.63, 3.8) is 0 Å². The van der Waals surface area contributed by atoms with Crippen LogP contribution < -0.4 is 10.6 Å². The minimum Gasteiger partial charge on any atom is -0.451 e. The van der Waals surface area contributed by atoms with E-state index in [1.165, 1.54) is 12.4 Å². The minimum absolute atomic E-state index is 0.0229. The summed E-state index contributed by atoms with van der Waals surface area (Å²) < 4.78 is 5.09. The molecule has 0 spiro atoms. The fourth-order valence-electron chi connectivity index (χ4n) is 2.53. The van der Waals surface area contributed by atoms with E-state index >= 15 is 0 Å². The number of hydrogen-bond acceptors (Lipinski definition) is 7. The van der Waals surface area contributed by atoms with E-state index in [0.29, 0.717) is 11.8 Å². The van der Waals surface area contributed by atoms with Crippen molar-refractivity contribution in [3.05, 3.63) is 42.4 Å². The van der Waals surface area contributed by atoms with Gasteiger partial charge >= 0.3 is 5.97 Å². The molecule has 2 heterocycles. The van der Waals surface area contributed by atoms with E-state index in [-0.39, 0.29) is 24.0 Å². The van der Waals surface area contributed by atoms with Gasteiger partial charge in [0.15, 0.2) is 18.1 Å². The highest BCUT2D eigenvalue weighted by Gasteiger charge is 2.25. The number of esters is 1. The molecule has 130 valence electrons. The van der Waals surface area contributed by atoms with Crippen LogP contribution in [0, 0.1) is 0 Å². The number of nitrogens with two attached hydrogens (primary N) is 1. The summed E-state index contributed by atoms with van der Waals surface area (Å²) in [6, 6.07) is 7.74. The molecule has 0 radical (unpaired) electrons. The number of carbonyl (C=O) groups excluding carboxylic acids is 2. The molecule has 25 heavy (non-hydrogen) atoms. The molecule has 0 bridgehead atoms. The topological polar surface area (TPSA) is 98.4 Å². The molecule has 0 aliphatic carbocycles. The largest absolute Gasteiger partial charge is 0.451 e. The molecule has 1 atom stereocenters. The normalized spacial score (nSPS) is 16.7. The number of anilines is 2. The predicted molar refractivity (Wildman–Crippen MR) is 95.5 cm³/mol. The molecule has 1 amide bonds. The number of para-hydroxylation sites is 1. The number of aromatic nitrogens is 2. The molecule has 1 aromatic carbocycles. The van der Waals surface area contributed by atoms with Crippen molar-refractivity contribution in [2.24, 2.45) is 0 Å². The maximum atomic E-state index is 12.6. The van der Waals surface area contributed by atoms with Crippen LogP contribution in [-0.2, 0) is 9.53 Å². The Hall–Kier alpha value is -2.61. The van der Waals surface area contributed by atoms with E-state index in [9.17, 15) is 9.59 Å². The van der Waals surface area contributed by atoms with Crippen molar-refractivity contribution in [2.75, 3.05) is 23.8 Å². The first-order valence-corrected chi connectivity index (χ1v) is 8.74. The average molecular weight is 358 g/mol. The molecule has 2 N–H and O–H groups in total. The Morgan fingerprint density at radius 2 is 2.08 bits per heavy atom. The first kappa shape index (κ1) is 17.2. The zero-order valence-corrected chi connectivity index (χ0v) is 14.5. The molecule has 2 aromatic rings. The molecule has 0 unspecified atom stereocenters. The summed E-state index contributed by atoms with van der Waals surface area (Å²) >= 11 is 1.74. The molecular formula is C17H18N4O3S. The number of ether oxygens (including phenoxy) is 1. The van der Waals surface area contributed by atoms with Crippen molar-refractivity contribution >= 4 is 35.1 Å². The molecule has 1 aliphatic heterocycles. The van der Waals surface area contributed by atoms with Gasteiger partial charge in [0.2, 0.25) is 0 Å². The molecule has 0 saturated heterocycles. The lowest BCUT2D eigenvalue weighted by Crippen LogP contribution is -2.36. The highest BCUT2D eigenvalue weighted by molar-refractivity contribution is 8.00. The quantitative estimate of drug-likeness (QED) is 0.839. The Balaban J connectivity index is 1.71. The fraction of sp³-hybridized carbons (Fsp3) is 0.294. The van der Waals surface area contributed by atoms with Gasteiger partial charge in [-0.2, -0.15) is 0 Å². The SMILES string of the molecule is C[C@H]1CCN(C(=O)COC(=O)c2nccnc2N)c2ccccc2S1. The molecule has 0 fully saturated rings. The van der Waals surface area contributed by atoms with Crippen molar-refractivity contribution < 1.29 is 14.3 Å². The average Bonchev–Trinajstić information content (AvgIpc) is 2.78. The maximum Gasteiger partial charge on any atom is 0.361 e. The number of thioether (sulfide) groups is 1. The molecule has 0 saturated carbocycles. The fourth-order valence-corrected chi connectivity index (χ4v) is 3.64. The van der Waals surface area contributed by atoms with Gasteiger partial charge in [0.05, 0.1) is 5.69 Å². The van der Waals surface area contributed by atoms with E-state index in [0.717, 1.165) is 17.0 Å². The monoisotopic (exact) mass is 358 g/mol. The molecule has 8 heteroatoms. The lowest BCUT2D eigenvalue weighted by molar-refractivity contribution is -0.121. The van der Waals surface area contributed by atoms with Crippen molar-refractivity contribution in [3.8, 4) is 0 Å². The van der Waals surface area contributed by atoms with Gasteiger partial charge in [-0.05, 0) is 18.6 Å². The van der Waals surface area contributed by atoms with Gasteiger partial charge in [0.25, 0.3) is 5.91 Å². The number of hydrogen-bond donors (Lipinski definition) is 1. The Morgan fingerprint density at radius 1 is 1.32 bits per heavy atom. The Bertz CT molecular complexity index is 799. The number of rotatable bonds is 3. The summed E-state index contributed by atoms with van der Waals surface area (Å²) in [5.41, 5.74) is 6.35. The van der Waals surface area contributed by atoms with Crippen LogP contribution in [-0.4, -0.2) is 40.2 Å². The second kappa shape index (κ2) is 7.52. The van der Waals surface area contributed by atoms with E-state index in [4.69, 9.17) is 10.5 Å². The third-order valence-electron chi connectivity index (χ3n) is 3.79. The van der Waals surface area contributed by atoms with Crippen molar-refractivity contribution in [1.29, 1.82) is 0 Å². The summed E-state index contributed by atoms with van der Waals surface area (Å²) in [6.07, 6.45) is 3.58. The number of amides is 1. The van der Waals surface area contributed by atoms with E-state index in [1.54, 1.807) is 16.7 Å². The maximum absolute atomic E-state index is 12.6. The van der Waals surface area contributed by atoms with Gasteiger partial charge in [0.1, 0.15) is 0 Å². The van der Waals surface area contributed by atoms with Gasteiger partial charge in [-0.1, -0.05) is 19.1 Å². The minimum atomic E-state index is -0.759. The predicted octanol–water partition coefficient (Wildman–Crippen LogP) is 2.13. The van der Waals surface area contributed by atoms with E-state index in [2.05, 4.69) is 16.9 Å². The number of carbonyl (C=O) groups is 2. The number of nitrogen functional groups attached to an aromatic ring is 1. The highest BCUT2D eigenvalue weighted by atomic mass is 32.2. The number of benzene rings is 1. The molecular weight excluding hydrogens is 340 g/mol. The summed E-state index contributed by atoms with van der Waals surface area (Å²) in [4.78, 5) is 35.0. The van der Waals surface area contributed by atoms with Gasteiger partial charge < -0.3 is 15.4 Å². The van der Waals surface area contributed by atoms with Crippen molar-refractivity contribution in [1.82, 2.24) is 9.97 Å². The summed E-state index contributed by atoms with van der Waals surface area (Å²) in [6.45, 7) is 2.34. The molecule has 1 aromatic heterocycles. The van der Waals surface area contributed by atoms with Gasteiger partial charge in [-0.3, -0.25) is 4.79 Å². The van der Waals surface area contributed by atoms with Gasteiger partial charge in [-0.15, -0.1) is 11.8 Å². The van der Waals surface area contributed by atoms with Crippen LogP contribution in [0.3, 0.4) is 0 Å². The zero-order valence-electron chi connectivity index (χ0n) is 13.7. The number of fused-ring (bicyclic) bond motifs is 1. The highest BCUT2D eigenvalue weighted by Crippen LogP contribution is 2.37. The third kappa shape index (κ3) is 3.90. The van der Waals surface area contributed by atoms with E-state index < -0.39 is 5.97 Å². The first-order chi connectivity index (χ1) is 12.1. The van der Waals surface area contributed by atoms with E-state index in [1.807, 2.05) is 24.3 Å². The van der Waals surface area contributed by atoms with Gasteiger partial charge in [-0.25, -0.2) is 14.8 Å². The molecule has 7 nitrogen and oxygen atoms in total. The first-order valence-electron chi connectivity index (χ1n) is 7.86. The Morgan fingerprint density at radius 3 is 2.88 bits per heavy atom. The lowest BCUT2D eigenvalue weighted by Gasteiger charge is -2.22. The Labute approximate surface area is 149 Å². The van der Waals surface area contributed by atoms with Crippen molar-refractivity contribution in [2.45, 2.75) is 23.5 Å². The molecule has 3 rings (SSSR count). The second-order valence-corrected chi connectivity index (χ2v) is 7.08. The third-order valence-corrected chi connectivity index (χ3v) is 5.03. The molecule has 1 aliphatic rings. The van der Waals surface area contributed by atoms with Crippen LogP contribution >= 0.6 is 11.8 Å². The smallest absolute Gasteiger partial charge is 0.361 e. The summed E-state index contributed by atoms with van der Waals surface area (Å²) in [7, 11) is 0. The second-order valence-electron chi connectivity index (χ2n) is 5.60. The standard InChI is InChI=1S/C17H18N4O3S/c1-11-6-9-21(12-4-2-3-5-13(12)25-11)14(22)10-24-17(23)15-16(18)20-8-7-19-15/h2-5,7-8,11H,6,9-10H2,1H3,(H2,18,20)/t11-/m0/s1. The summed E-state index contributed by atoms with van der Waals surface area (Å²) in [5.74, 6) is -1.06.